The molecule has 0 amide bonds. The Balaban J connectivity index is 2.46. The molecule has 3 N–H and O–H groups in total. The van der Waals surface area contributed by atoms with Crippen LogP contribution in [0.15, 0.2) is 22.7 Å². The first-order chi connectivity index (χ1) is 7.58. The Morgan fingerprint density at radius 2 is 2.25 bits per heavy atom. The number of anilines is 1. The van der Waals surface area contributed by atoms with E-state index in [1.54, 1.807) is 0 Å². The van der Waals surface area contributed by atoms with Gasteiger partial charge in [-0.05, 0) is 23.4 Å². The summed E-state index contributed by atoms with van der Waals surface area (Å²) >= 11 is 0. The highest BCUT2D eigenvalue weighted by Crippen LogP contribution is 2.24. The van der Waals surface area contributed by atoms with Crippen LogP contribution >= 0.6 is 0 Å². The van der Waals surface area contributed by atoms with Crippen LogP contribution in [-0.2, 0) is 0 Å². The lowest BCUT2D eigenvalue weighted by molar-refractivity contribution is 0.0680. The van der Waals surface area contributed by atoms with Gasteiger partial charge >= 0.3 is 5.97 Å². The number of halogens is 1. The third kappa shape index (κ3) is 1.70. The maximum absolute atomic E-state index is 12.8. The maximum atomic E-state index is 12.8. The molecule has 0 aliphatic rings. The molecule has 0 fully saturated rings. The number of carbonyl (C=O) groups is 1. The van der Waals surface area contributed by atoms with E-state index in [4.69, 9.17) is 10.8 Å². The highest BCUT2D eigenvalue weighted by molar-refractivity contribution is 5.83. The SMILES string of the molecule is Nc1cc(F)ccc1-c1nc(C(=O)O)no1. The molecule has 0 saturated heterocycles. The summed E-state index contributed by atoms with van der Waals surface area (Å²) in [5.74, 6) is -2.34. The van der Waals surface area contributed by atoms with Crippen LogP contribution in [0.1, 0.15) is 10.6 Å². The van der Waals surface area contributed by atoms with Gasteiger partial charge in [0.15, 0.2) is 0 Å². The van der Waals surface area contributed by atoms with Gasteiger partial charge in [0.25, 0.3) is 11.7 Å². The fraction of sp³-hybridized carbons (Fsp3) is 0. The molecule has 7 heteroatoms. The van der Waals surface area contributed by atoms with Crippen LogP contribution in [0.4, 0.5) is 10.1 Å². The molecule has 6 nitrogen and oxygen atoms in total. The second kappa shape index (κ2) is 3.61. The van der Waals surface area contributed by atoms with E-state index in [-0.39, 0.29) is 11.6 Å². The zero-order valence-corrected chi connectivity index (χ0v) is 7.85. The molecule has 0 radical (unpaired) electrons. The van der Waals surface area contributed by atoms with Crippen LogP contribution in [-0.4, -0.2) is 21.2 Å². The summed E-state index contributed by atoms with van der Waals surface area (Å²) in [4.78, 5) is 14.1. The topological polar surface area (TPSA) is 102 Å². The molecule has 1 heterocycles. The quantitative estimate of drug-likeness (QED) is 0.740. The molecule has 0 spiro atoms. The largest absolute Gasteiger partial charge is 0.475 e. The minimum Gasteiger partial charge on any atom is -0.475 e. The van der Waals surface area contributed by atoms with Crippen molar-refractivity contribution >= 4 is 11.7 Å². The number of nitrogens with zero attached hydrogens (tertiary/aromatic N) is 2. The van der Waals surface area contributed by atoms with E-state index >= 15 is 0 Å². The van der Waals surface area contributed by atoms with Crippen molar-refractivity contribution in [1.29, 1.82) is 0 Å². The van der Waals surface area contributed by atoms with E-state index in [2.05, 4.69) is 14.7 Å². The second-order valence-corrected chi connectivity index (χ2v) is 2.96. The van der Waals surface area contributed by atoms with Crippen molar-refractivity contribution in [3.63, 3.8) is 0 Å². The van der Waals surface area contributed by atoms with Gasteiger partial charge in [0, 0.05) is 5.69 Å². The van der Waals surface area contributed by atoms with Crippen LogP contribution in [0.2, 0.25) is 0 Å². The van der Waals surface area contributed by atoms with Crippen molar-refractivity contribution < 1.29 is 18.8 Å². The van der Waals surface area contributed by atoms with Crippen LogP contribution < -0.4 is 5.73 Å². The standard InChI is InChI=1S/C9H6FN3O3/c10-4-1-2-5(6(11)3-4)8-12-7(9(14)15)13-16-8/h1-3H,11H2,(H,14,15). The third-order valence-corrected chi connectivity index (χ3v) is 1.86. The molecule has 1 aromatic carbocycles. The molecule has 0 bridgehead atoms. The summed E-state index contributed by atoms with van der Waals surface area (Å²) in [6.45, 7) is 0. The normalized spacial score (nSPS) is 10.3. The molecule has 0 aliphatic carbocycles. The Bertz CT molecular complexity index is 553. The van der Waals surface area contributed by atoms with Crippen molar-refractivity contribution in [1.82, 2.24) is 10.1 Å². The average Bonchev–Trinajstić information content (AvgIpc) is 2.66. The molecule has 2 rings (SSSR count). The molecular formula is C9H6FN3O3. The summed E-state index contributed by atoms with van der Waals surface area (Å²) in [6.07, 6.45) is 0. The molecule has 0 unspecified atom stereocenters. The highest BCUT2D eigenvalue weighted by atomic mass is 19.1. The van der Waals surface area contributed by atoms with Gasteiger partial charge in [0.2, 0.25) is 0 Å². The van der Waals surface area contributed by atoms with E-state index in [9.17, 15) is 9.18 Å². The number of nitrogen functional groups attached to an aromatic ring is 1. The molecule has 0 saturated carbocycles. The maximum Gasteiger partial charge on any atom is 0.377 e. The molecule has 82 valence electrons. The Hall–Kier alpha value is -2.44. The number of aromatic nitrogens is 2. The van der Waals surface area contributed by atoms with Crippen LogP contribution in [0, 0.1) is 5.82 Å². The molecule has 16 heavy (non-hydrogen) atoms. The number of rotatable bonds is 2. The lowest BCUT2D eigenvalue weighted by atomic mass is 10.2. The zero-order valence-electron chi connectivity index (χ0n) is 7.85. The van der Waals surface area contributed by atoms with Gasteiger partial charge < -0.3 is 15.4 Å². The Morgan fingerprint density at radius 1 is 1.50 bits per heavy atom. The highest BCUT2D eigenvalue weighted by Gasteiger charge is 2.16. The smallest absolute Gasteiger partial charge is 0.377 e. The van der Waals surface area contributed by atoms with Gasteiger partial charge in [-0.2, -0.15) is 4.98 Å². The monoisotopic (exact) mass is 223 g/mol. The fourth-order valence-corrected chi connectivity index (χ4v) is 1.15. The van der Waals surface area contributed by atoms with Crippen molar-refractivity contribution in [2.24, 2.45) is 0 Å². The first kappa shape index (κ1) is 10.1. The lowest BCUT2D eigenvalue weighted by Gasteiger charge is -1.99. The summed E-state index contributed by atoms with van der Waals surface area (Å²) in [5, 5.41) is 11.8. The zero-order chi connectivity index (χ0) is 11.7. The predicted molar refractivity (Wildman–Crippen MR) is 51.1 cm³/mol. The average molecular weight is 223 g/mol. The third-order valence-electron chi connectivity index (χ3n) is 1.86. The molecule has 0 atom stereocenters. The molecule has 0 aliphatic heterocycles. The Labute approximate surface area is 88.5 Å². The first-order valence-electron chi connectivity index (χ1n) is 4.20. The van der Waals surface area contributed by atoms with Gasteiger partial charge in [0.1, 0.15) is 5.82 Å². The van der Waals surface area contributed by atoms with Crippen molar-refractivity contribution in [2.75, 3.05) is 5.73 Å². The summed E-state index contributed by atoms with van der Waals surface area (Å²) in [5.41, 5.74) is 5.91. The fourth-order valence-electron chi connectivity index (χ4n) is 1.15. The first-order valence-corrected chi connectivity index (χ1v) is 4.20. The minimum atomic E-state index is -1.31. The van der Waals surface area contributed by atoms with Crippen LogP contribution in [0.5, 0.6) is 0 Å². The Kier molecular flexibility index (Phi) is 2.28. The van der Waals surface area contributed by atoms with E-state index in [0.29, 0.717) is 5.56 Å². The van der Waals surface area contributed by atoms with Gasteiger partial charge in [-0.15, -0.1) is 0 Å². The van der Waals surface area contributed by atoms with E-state index in [1.165, 1.54) is 6.07 Å². The summed E-state index contributed by atoms with van der Waals surface area (Å²) < 4.78 is 17.4. The number of aromatic carboxylic acids is 1. The van der Waals surface area contributed by atoms with E-state index in [1.807, 2.05) is 0 Å². The van der Waals surface area contributed by atoms with Crippen LogP contribution in [0.25, 0.3) is 11.5 Å². The van der Waals surface area contributed by atoms with Crippen molar-refractivity contribution in [3.8, 4) is 11.5 Å². The number of benzene rings is 1. The molecule has 1 aromatic heterocycles. The van der Waals surface area contributed by atoms with E-state index < -0.39 is 17.6 Å². The van der Waals surface area contributed by atoms with Gasteiger partial charge in [-0.1, -0.05) is 0 Å². The van der Waals surface area contributed by atoms with Crippen LogP contribution in [0.3, 0.4) is 0 Å². The predicted octanol–water partition coefficient (Wildman–Crippen LogP) is 1.16. The summed E-state index contributed by atoms with van der Waals surface area (Å²) in [6, 6.07) is 3.58. The molecular weight excluding hydrogens is 217 g/mol. The number of hydrogen-bond acceptors (Lipinski definition) is 5. The van der Waals surface area contributed by atoms with Gasteiger partial charge in [-0.3, -0.25) is 0 Å². The minimum absolute atomic E-state index is 0.0603. The number of carboxylic acid groups (broad SMARTS) is 1. The van der Waals surface area contributed by atoms with Gasteiger partial charge in [-0.25, -0.2) is 9.18 Å². The second-order valence-electron chi connectivity index (χ2n) is 2.96. The van der Waals surface area contributed by atoms with Crippen molar-refractivity contribution in [2.45, 2.75) is 0 Å². The molecule has 2 aromatic rings. The lowest BCUT2D eigenvalue weighted by Crippen LogP contribution is -1.98. The van der Waals surface area contributed by atoms with Gasteiger partial charge in [0.05, 0.1) is 5.56 Å². The van der Waals surface area contributed by atoms with E-state index in [0.717, 1.165) is 12.1 Å². The number of hydrogen-bond donors (Lipinski definition) is 2. The summed E-state index contributed by atoms with van der Waals surface area (Å²) in [7, 11) is 0. The number of nitrogens with two attached hydrogens (primary N) is 1. The van der Waals surface area contributed by atoms with Crippen molar-refractivity contribution in [3.05, 3.63) is 29.8 Å². The number of carboxylic acids is 1. The Morgan fingerprint density at radius 3 is 2.81 bits per heavy atom.